The summed E-state index contributed by atoms with van der Waals surface area (Å²) in [5.41, 5.74) is 2.56. The lowest BCUT2D eigenvalue weighted by Gasteiger charge is -2.19. The summed E-state index contributed by atoms with van der Waals surface area (Å²) in [6, 6.07) is 20.6. The number of Topliss-reactive ketones (excluding diaryl/α,β-unsaturated/α-hetero) is 1. The number of nitrogens with one attached hydrogen (secondary N) is 2. The van der Waals surface area contributed by atoms with Crippen molar-refractivity contribution in [3.63, 3.8) is 0 Å². The van der Waals surface area contributed by atoms with Gasteiger partial charge in [0.2, 0.25) is 0 Å². The van der Waals surface area contributed by atoms with Gasteiger partial charge in [0, 0.05) is 11.8 Å². The number of rotatable bonds is 8. The smallest absolute Gasteiger partial charge is 0.355 e. The quantitative estimate of drug-likeness (QED) is 0.455. The molecule has 1 heterocycles. The van der Waals surface area contributed by atoms with E-state index in [1.807, 2.05) is 60.7 Å². The first-order chi connectivity index (χ1) is 14.0. The van der Waals surface area contributed by atoms with E-state index in [1.54, 1.807) is 0 Å². The SMILES string of the molecule is CC(=O)c1c[nH]c(C(=O)OCC(=O)NC(Cc2ccccc2)c2ccccc2)c1. The monoisotopic (exact) mass is 390 g/mol. The summed E-state index contributed by atoms with van der Waals surface area (Å²) in [4.78, 5) is 38.5. The number of carbonyl (C=O) groups excluding carboxylic acids is 3. The number of ether oxygens (including phenoxy) is 1. The zero-order valence-electron chi connectivity index (χ0n) is 16.1. The van der Waals surface area contributed by atoms with Gasteiger partial charge in [0.05, 0.1) is 6.04 Å². The van der Waals surface area contributed by atoms with Gasteiger partial charge in [-0.1, -0.05) is 60.7 Å². The van der Waals surface area contributed by atoms with E-state index in [4.69, 9.17) is 4.74 Å². The molecule has 2 aromatic carbocycles. The Morgan fingerprint density at radius 3 is 2.28 bits per heavy atom. The van der Waals surface area contributed by atoms with Crippen LogP contribution < -0.4 is 5.32 Å². The number of hydrogen-bond donors (Lipinski definition) is 2. The third kappa shape index (κ3) is 5.65. The van der Waals surface area contributed by atoms with Crippen LogP contribution in [0.1, 0.15) is 44.9 Å². The van der Waals surface area contributed by atoms with Crippen molar-refractivity contribution in [3.05, 3.63) is 95.3 Å². The molecule has 0 spiro atoms. The highest BCUT2D eigenvalue weighted by molar-refractivity contribution is 5.97. The zero-order chi connectivity index (χ0) is 20.6. The van der Waals surface area contributed by atoms with Gasteiger partial charge in [-0.3, -0.25) is 9.59 Å². The summed E-state index contributed by atoms with van der Waals surface area (Å²) < 4.78 is 5.08. The van der Waals surface area contributed by atoms with Gasteiger partial charge in [0.1, 0.15) is 5.69 Å². The maximum Gasteiger partial charge on any atom is 0.355 e. The largest absolute Gasteiger partial charge is 0.451 e. The van der Waals surface area contributed by atoms with E-state index in [0.717, 1.165) is 11.1 Å². The van der Waals surface area contributed by atoms with Crippen molar-refractivity contribution in [2.45, 2.75) is 19.4 Å². The number of hydrogen-bond acceptors (Lipinski definition) is 4. The van der Waals surface area contributed by atoms with E-state index in [9.17, 15) is 14.4 Å². The summed E-state index contributed by atoms with van der Waals surface area (Å²) in [6.45, 7) is 0.994. The molecule has 6 nitrogen and oxygen atoms in total. The number of amides is 1. The molecule has 0 saturated carbocycles. The fourth-order valence-electron chi connectivity index (χ4n) is 2.95. The van der Waals surface area contributed by atoms with Gasteiger partial charge < -0.3 is 15.0 Å². The first-order valence-electron chi connectivity index (χ1n) is 9.27. The summed E-state index contributed by atoms with van der Waals surface area (Å²) in [7, 11) is 0. The lowest BCUT2D eigenvalue weighted by molar-refractivity contribution is -0.125. The van der Waals surface area contributed by atoms with Crippen LogP contribution in [0.25, 0.3) is 0 Å². The number of benzene rings is 2. The average Bonchev–Trinajstić information content (AvgIpc) is 3.24. The molecule has 1 amide bonds. The highest BCUT2D eigenvalue weighted by Gasteiger charge is 2.18. The fourth-order valence-corrected chi connectivity index (χ4v) is 2.95. The molecule has 29 heavy (non-hydrogen) atoms. The summed E-state index contributed by atoms with van der Waals surface area (Å²) >= 11 is 0. The van der Waals surface area contributed by atoms with Crippen LogP contribution in [-0.2, 0) is 16.0 Å². The molecule has 6 heteroatoms. The molecular weight excluding hydrogens is 368 g/mol. The minimum atomic E-state index is -0.688. The minimum absolute atomic E-state index is 0.131. The van der Waals surface area contributed by atoms with Crippen LogP contribution in [-0.4, -0.2) is 29.3 Å². The molecule has 1 aromatic heterocycles. The molecule has 1 unspecified atom stereocenters. The fraction of sp³-hybridized carbons (Fsp3) is 0.174. The molecule has 0 bridgehead atoms. The Labute approximate surface area is 168 Å². The Morgan fingerprint density at radius 1 is 1.00 bits per heavy atom. The highest BCUT2D eigenvalue weighted by atomic mass is 16.5. The Bertz CT molecular complexity index is 980. The van der Waals surface area contributed by atoms with Gasteiger partial charge in [-0.05, 0) is 30.5 Å². The van der Waals surface area contributed by atoms with Crippen LogP contribution in [0.5, 0.6) is 0 Å². The summed E-state index contributed by atoms with van der Waals surface area (Å²) in [5, 5.41) is 2.93. The minimum Gasteiger partial charge on any atom is -0.451 e. The van der Waals surface area contributed by atoms with E-state index in [0.29, 0.717) is 12.0 Å². The third-order valence-electron chi connectivity index (χ3n) is 4.46. The summed E-state index contributed by atoms with van der Waals surface area (Å²) in [6.07, 6.45) is 2.05. The average molecular weight is 390 g/mol. The van der Waals surface area contributed by atoms with E-state index in [2.05, 4.69) is 10.3 Å². The van der Waals surface area contributed by atoms with Gasteiger partial charge in [0.25, 0.3) is 5.91 Å². The van der Waals surface area contributed by atoms with Crippen LogP contribution in [0, 0.1) is 0 Å². The van der Waals surface area contributed by atoms with Crippen LogP contribution in [0.3, 0.4) is 0 Å². The zero-order valence-corrected chi connectivity index (χ0v) is 16.1. The van der Waals surface area contributed by atoms with Crippen molar-refractivity contribution in [1.29, 1.82) is 0 Å². The van der Waals surface area contributed by atoms with E-state index in [-0.39, 0.29) is 17.5 Å². The van der Waals surface area contributed by atoms with Gasteiger partial charge in [-0.25, -0.2) is 4.79 Å². The van der Waals surface area contributed by atoms with Gasteiger partial charge >= 0.3 is 5.97 Å². The molecule has 1 atom stereocenters. The van der Waals surface area contributed by atoms with Gasteiger partial charge in [0.15, 0.2) is 12.4 Å². The lowest BCUT2D eigenvalue weighted by Crippen LogP contribution is -2.33. The van der Waals surface area contributed by atoms with Crippen LogP contribution >= 0.6 is 0 Å². The van der Waals surface area contributed by atoms with E-state index < -0.39 is 18.5 Å². The highest BCUT2D eigenvalue weighted by Crippen LogP contribution is 2.18. The van der Waals surface area contributed by atoms with Crippen molar-refractivity contribution in [1.82, 2.24) is 10.3 Å². The summed E-state index contributed by atoms with van der Waals surface area (Å²) in [5.74, 6) is -1.25. The predicted octanol–water partition coefficient (Wildman–Crippen LogP) is 3.47. The second-order valence-electron chi connectivity index (χ2n) is 6.65. The third-order valence-corrected chi connectivity index (χ3v) is 4.46. The first kappa shape index (κ1) is 20.1. The Kier molecular flexibility index (Phi) is 6.58. The second kappa shape index (κ2) is 9.50. The molecular formula is C23H22N2O4. The van der Waals surface area contributed by atoms with Gasteiger partial charge in [-0.2, -0.15) is 0 Å². The van der Waals surface area contributed by atoms with Crippen LogP contribution in [0.2, 0.25) is 0 Å². The maximum absolute atomic E-state index is 12.4. The first-order valence-corrected chi connectivity index (χ1v) is 9.27. The number of esters is 1. The molecule has 0 radical (unpaired) electrons. The van der Waals surface area contributed by atoms with Crippen molar-refractivity contribution in [2.75, 3.05) is 6.61 Å². The van der Waals surface area contributed by atoms with E-state index >= 15 is 0 Å². The normalized spacial score (nSPS) is 11.5. The number of aromatic amines is 1. The van der Waals surface area contributed by atoms with Crippen LogP contribution in [0.15, 0.2) is 72.9 Å². The molecule has 0 aliphatic carbocycles. The maximum atomic E-state index is 12.4. The standard InChI is InChI=1S/C23H22N2O4/c1-16(26)19-13-21(24-14-19)23(28)29-15-22(27)25-20(18-10-6-3-7-11-18)12-17-8-4-2-5-9-17/h2-11,13-14,20,24H,12,15H2,1H3,(H,25,27). The molecule has 3 aromatic rings. The molecule has 148 valence electrons. The van der Waals surface area contributed by atoms with Crippen molar-refractivity contribution in [3.8, 4) is 0 Å². The number of carbonyl (C=O) groups is 3. The van der Waals surface area contributed by atoms with Gasteiger partial charge in [-0.15, -0.1) is 0 Å². The Morgan fingerprint density at radius 2 is 1.66 bits per heavy atom. The molecule has 0 aliphatic heterocycles. The van der Waals surface area contributed by atoms with Crippen LogP contribution in [0.4, 0.5) is 0 Å². The molecule has 3 rings (SSSR count). The second-order valence-corrected chi connectivity index (χ2v) is 6.65. The van der Waals surface area contributed by atoms with Crippen molar-refractivity contribution >= 4 is 17.7 Å². The molecule has 0 saturated heterocycles. The lowest BCUT2D eigenvalue weighted by atomic mass is 9.99. The number of H-pyrrole nitrogens is 1. The van der Waals surface area contributed by atoms with Crippen molar-refractivity contribution in [2.24, 2.45) is 0 Å². The van der Waals surface area contributed by atoms with Crippen molar-refractivity contribution < 1.29 is 19.1 Å². The Balaban J connectivity index is 1.62. The topological polar surface area (TPSA) is 88.3 Å². The number of ketones is 1. The predicted molar refractivity (Wildman–Crippen MR) is 109 cm³/mol. The number of aromatic nitrogens is 1. The molecule has 0 aliphatic rings. The molecule has 2 N–H and O–H groups in total. The Hall–Kier alpha value is -3.67. The van der Waals surface area contributed by atoms with E-state index in [1.165, 1.54) is 19.2 Å². The molecule has 0 fully saturated rings.